The maximum Gasteiger partial charge on any atom is 0.420 e. The Balaban J connectivity index is 1.74. The number of aromatic nitrogens is 1. The lowest BCUT2D eigenvalue weighted by molar-refractivity contribution is 0.0796. The van der Waals surface area contributed by atoms with E-state index in [4.69, 9.17) is 14.4 Å². The fourth-order valence-electron chi connectivity index (χ4n) is 3.08. The summed E-state index contributed by atoms with van der Waals surface area (Å²) < 4.78 is 12.1. The van der Waals surface area contributed by atoms with E-state index in [1.165, 1.54) is 0 Å². The van der Waals surface area contributed by atoms with Crippen LogP contribution >= 0.6 is 0 Å². The zero-order valence-corrected chi connectivity index (χ0v) is 14.4. The molecule has 7 nitrogen and oxygen atoms in total. The molecule has 3 rings (SSSR count). The molecule has 1 aliphatic heterocycles. The Kier molecular flexibility index (Phi) is 4.79. The minimum atomic E-state index is -0.425. The van der Waals surface area contributed by atoms with Crippen LogP contribution in [0.15, 0.2) is 27.4 Å². The number of hydrogen-bond acceptors (Lipinski definition) is 5. The van der Waals surface area contributed by atoms with Gasteiger partial charge in [-0.05, 0) is 37.0 Å². The SMILES string of the molecule is CC(C)COC(=O)N1CCC(n2c(=O)oc3ccc(C#N)cc32)CC1. The molecule has 2 heterocycles. The van der Waals surface area contributed by atoms with Crippen LogP contribution < -0.4 is 5.76 Å². The molecule has 0 N–H and O–H groups in total. The van der Waals surface area contributed by atoms with Gasteiger partial charge in [-0.25, -0.2) is 9.59 Å². The molecule has 0 radical (unpaired) electrons. The molecule has 132 valence electrons. The van der Waals surface area contributed by atoms with Crippen LogP contribution in [0.5, 0.6) is 0 Å². The number of piperidine rings is 1. The highest BCUT2D eigenvalue weighted by molar-refractivity contribution is 5.75. The largest absolute Gasteiger partial charge is 0.449 e. The third-order valence-electron chi connectivity index (χ3n) is 4.37. The van der Waals surface area contributed by atoms with Crippen molar-refractivity contribution in [1.29, 1.82) is 5.26 Å². The van der Waals surface area contributed by atoms with Gasteiger partial charge in [0.1, 0.15) is 0 Å². The Morgan fingerprint density at radius 3 is 2.76 bits per heavy atom. The lowest BCUT2D eigenvalue weighted by Crippen LogP contribution is -2.40. The number of hydrogen-bond donors (Lipinski definition) is 0. The Morgan fingerprint density at radius 1 is 1.40 bits per heavy atom. The van der Waals surface area contributed by atoms with E-state index in [1.54, 1.807) is 27.7 Å². The minimum absolute atomic E-state index is 0.0585. The fourth-order valence-corrected chi connectivity index (χ4v) is 3.08. The van der Waals surface area contributed by atoms with Crippen molar-refractivity contribution in [3.63, 3.8) is 0 Å². The first kappa shape index (κ1) is 17.1. The van der Waals surface area contributed by atoms with Gasteiger partial charge < -0.3 is 14.1 Å². The smallest absolute Gasteiger partial charge is 0.420 e. The summed E-state index contributed by atoms with van der Waals surface area (Å²) in [6.07, 6.45) is 0.979. The van der Waals surface area contributed by atoms with Crippen LogP contribution in [0, 0.1) is 17.2 Å². The van der Waals surface area contributed by atoms with Crippen molar-refractivity contribution in [2.75, 3.05) is 19.7 Å². The first-order valence-corrected chi connectivity index (χ1v) is 8.46. The topological polar surface area (TPSA) is 88.5 Å². The van der Waals surface area contributed by atoms with Crippen LogP contribution in [-0.4, -0.2) is 35.3 Å². The maximum atomic E-state index is 12.2. The molecule has 1 aliphatic rings. The van der Waals surface area contributed by atoms with Crippen molar-refractivity contribution in [3.05, 3.63) is 34.3 Å². The average molecular weight is 343 g/mol. The zero-order chi connectivity index (χ0) is 18.0. The van der Waals surface area contributed by atoms with Crippen molar-refractivity contribution in [3.8, 4) is 6.07 Å². The van der Waals surface area contributed by atoms with Gasteiger partial charge in [-0.3, -0.25) is 4.57 Å². The molecule has 1 aromatic carbocycles. The number of nitriles is 1. The summed E-state index contributed by atoms with van der Waals surface area (Å²) in [5, 5.41) is 9.06. The monoisotopic (exact) mass is 343 g/mol. The molecule has 0 saturated carbocycles. The number of ether oxygens (including phenoxy) is 1. The molecule has 0 bridgehead atoms. The van der Waals surface area contributed by atoms with Crippen LogP contribution in [0.3, 0.4) is 0 Å². The summed E-state index contributed by atoms with van der Waals surface area (Å²) in [6, 6.07) is 6.96. The number of rotatable bonds is 3. The Morgan fingerprint density at radius 2 is 2.12 bits per heavy atom. The standard InChI is InChI=1S/C18H21N3O4/c1-12(2)11-24-17(22)20-7-5-14(6-8-20)21-15-9-13(10-19)3-4-16(15)25-18(21)23/h3-4,9,12,14H,5-8,11H2,1-2H3. The number of carbonyl (C=O) groups is 1. The summed E-state index contributed by atoms with van der Waals surface area (Å²) in [4.78, 5) is 26.0. The van der Waals surface area contributed by atoms with Gasteiger partial charge in [0.05, 0.1) is 23.8 Å². The highest BCUT2D eigenvalue weighted by Crippen LogP contribution is 2.26. The second-order valence-corrected chi connectivity index (χ2v) is 6.72. The van der Waals surface area contributed by atoms with Crippen molar-refractivity contribution in [1.82, 2.24) is 9.47 Å². The summed E-state index contributed by atoms with van der Waals surface area (Å²) in [5.74, 6) is -0.127. The number of fused-ring (bicyclic) bond motifs is 1. The number of benzene rings is 1. The molecular formula is C18H21N3O4. The van der Waals surface area contributed by atoms with E-state index >= 15 is 0 Å². The van der Waals surface area contributed by atoms with Crippen molar-refractivity contribution >= 4 is 17.2 Å². The molecule has 7 heteroatoms. The first-order chi connectivity index (χ1) is 12.0. The summed E-state index contributed by atoms with van der Waals surface area (Å²) in [7, 11) is 0. The Hall–Kier alpha value is -2.75. The highest BCUT2D eigenvalue weighted by Gasteiger charge is 2.27. The maximum absolute atomic E-state index is 12.2. The lowest BCUT2D eigenvalue weighted by Gasteiger charge is -2.31. The lowest BCUT2D eigenvalue weighted by atomic mass is 10.0. The molecular weight excluding hydrogens is 322 g/mol. The van der Waals surface area contributed by atoms with Gasteiger partial charge in [0.2, 0.25) is 0 Å². The van der Waals surface area contributed by atoms with E-state index in [0.29, 0.717) is 55.1 Å². The molecule has 0 atom stereocenters. The molecule has 1 aromatic heterocycles. The van der Waals surface area contributed by atoms with Crippen LogP contribution in [0.2, 0.25) is 0 Å². The van der Waals surface area contributed by atoms with E-state index in [-0.39, 0.29) is 12.1 Å². The summed E-state index contributed by atoms with van der Waals surface area (Å²) >= 11 is 0. The number of oxazole rings is 1. The molecule has 1 amide bonds. The molecule has 1 fully saturated rings. The van der Waals surface area contributed by atoms with Crippen molar-refractivity contribution in [2.24, 2.45) is 5.92 Å². The van der Waals surface area contributed by atoms with Crippen LogP contribution in [-0.2, 0) is 4.74 Å². The van der Waals surface area contributed by atoms with Crippen molar-refractivity contribution < 1.29 is 13.9 Å². The van der Waals surface area contributed by atoms with E-state index in [0.717, 1.165) is 0 Å². The van der Waals surface area contributed by atoms with Crippen molar-refractivity contribution in [2.45, 2.75) is 32.7 Å². The van der Waals surface area contributed by atoms with E-state index < -0.39 is 5.76 Å². The number of likely N-dealkylation sites (tertiary alicyclic amines) is 1. The van der Waals surface area contributed by atoms with Gasteiger partial charge in [-0.15, -0.1) is 0 Å². The van der Waals surface area contributed by atoms with Gasteiger partial charge in [-0.1, -0.05) is 13.8 Å². The van der Waals surface area contributed by atoms with E-state index in [1.807, 2.05) is 13.8 Å². The number of amides is 1. The summed E-state index contributed by atoms with van der Waals surface area (Å²) in [6.45, 7) is 5.44. The van der Waals surface area contributed by atoms with E-state index in [9.17, 15) is 9.59 Å². The third kappa shape index (κ3) is 3.53. The molecule has 0 aliphatic carbocycles. The number of carbonyl (C=O) groups excluding carboxylic acids is 1. The fraction of sp³-hybridized carbons (Fsp3) is 0.500. The minimum Gasteiger partial charge on any atom is -0.449 e. The molecule has 0 unspecified atom stereocenters. The van der Waals surface area contributed by atoms with Crippen LogP contribution in [0.25, 0.3) is 11.1 Å². The molecule has 0 spiro atoms. The average Bonchev–Trinajstić information content (AvgIpc) is 2.94. The van der Waals surface area contributed by atoms with Gasteiger partial charge in [-0.2, -0.15) is 5.26 Å². The molecule has 25 heavy (non-hydrogen) atoms. The predicted octanol–water partition coefficient (Wildman–Crippen LogP) is 2.90. The van der Waals surface area contributed by atoms with Gasteiger partial charge in [0, 0.05) is 19.1 Å². The van der Waals surface area contributed by atoms with Crippen LogP contribution in [0.1, 0.15) is 38.3 Å². The Labute approximate surface area is 145 Å². The molecule has 1 saturated heterocycles. The summed E-state index contributed by atoms with van der Waals surface area (Å²) in [5.41, 5.74) is 1.59. The second-order valence-electron chi connectivity index (χ2n) is 6.72. The molecule has 2 aromatic rings. The highest BCUT2D eigenvalue weighted by atomic mass is 16.6. The second kappa shape index (κ2) is 7.01. The first-order valence-electron chi connectivity index (χ1n) is 8.46. The predicted molar refractivity (Wildman–Crippen MR) is 91.2 cm³/mol. The number of nitrogens with zero attached hydrogens (tertiary/aromatic N) is 3. The van der Waals surface area contributed by atoms with Crippen LogP contribution in [0.4, 0.5) is 4.79 Å². The zero-order valence-electron chi connectivity index (χ0n) is 14.4. The quantitative estimate of drug-likeness (QED) is 0.855. The Bertz CT molecular complexity index is 867. The third-order valence-corrected chi connectivity index (χ3v) is 4.37. The normalized spacial score (nSPS) is 15.5. The van der Waals surface area contributed by atoms with Gasteiger partial charge in [0.15, 0.2) is 5.58 Å². The van der Waals surface area contributed by atoms with Gasteiger partial charge in [0.25, 0.3) is 0 Å². The van der Waals surface area contributed by atoms with Gasteiger partial charge >= 0.3 is 11.8 Å². The van der Waals surface area contributed by atoms with E-state index in [2.05, 4.69) is 6.07 Å².